The van der Waals surface area contributed by atoms with Gasteiger partial charge in [-0.15, -0.1) is 0 Å². The molecule has 0 saturated carbocycles. The molecular weight excluding hydrogens is 656 g/mol. The first-order valence-corrected chi connectivity index (χ1v) is 15.3. The first-order valence-electron chi connectivity index (χ1n) is 13.9. The second-order valence-electron chi connectivity index (χ2n) is 10.6. The van der Waals surface area contributed by atoms with Crippen molar-refractivity contribution >= 4 is 33.0 Å². The van der Waals surface area contributed by atoms with E-state index in [9.17, 15) is 40.0 Å². The molecule has 3 N–H and O–H groups in total. The van der Waals surface area contributed by atoms with Crippen molar-refractivity contribution in [2.24, 2.45) is 5.92 Å². The number of carboxylic acid groups (broad SMARTS) is 1. The summed E-state index contributed by atoms with van der Waals surface area (Å²) in [6, 6.07) is 8.85. The van der Waals surface area contributed by atoms with Crippen LogP contribution in [0.4, 0.5) is 32.3 Å². The number of halogens is 6. The van der Waals surface area contributed by atoms with Gasteiger partial charge in [0.1, 0.15) is 6.07 Å². The van der Waals surface area contributed by atoms with Gasteiger partial charge in [-0.25, -0.2) is 32.1 Å². The fraction of sp³-hybridized carbons (Fsp3) is 0.345. The number of aliphatic carboxylic acids is 1. The molecule has 18 heteroatoms. The highest BCUT2D eigenvalue weighted by Gasteiger charge is 2.38. The summed E-state index contributed by atoms with van der Waals surface area (Å²) in [6.07, 6.45) is -4.88. The summed E-state index contributed by atoms with van der Waals surface area (Å²) in [4.78, 5) is 21.5. The fourth-order valence-electron chi connectivity index (χ4n) is 4.83. The number of aromatic nitrogens is 4. The fourth-order valence-corrected chi connectivity index (χ4v) is 6.16. The molecule has 1 aromatic carbocycles. The molecule has 1 atom stereocenters. The van der Waals surface area contributed by atoms with Crippen molar-refractivity contribution in [1.82, 2.24) is 24.2 Å². The first-order chi connectivity index (χ1) is 21.9. The third-order valence-electron chi connectivity index (χ3n) is 7.37. The van der Waals surface area contributed by atoms with Crippen molar-refractivity contribution in [1.29, 1.82) is 5.26 Å². The van der Waals surface area contributed by atoms with Gasteiger partial charge in [-0.05, 0) is 63.9 Å². The lowest BCUT2D eigenvalue weighted by Gasteiger charge is -2.28. The predicted molar refractivity (Wildman–Crippen MR) is 157 cm³/mol. The van der Waals surface area contributed by atoms with Crippen LogP contribution in [0.3, 0.4) is 0 Å². The topological polar surface area (TPSA) is 163 Å². The minimum Gasteiger partial charge on any atom is -0.475 e. The van der Waals surface area contributed by atoms with Crippen molar-refractivity contribution in [2.45, 2.75) is 50.0 Å². The minimum absolute atomic E-state index is 0.00138. The average Bonchev–Trinajstić information content (AvgIpc) is 3.41. The number of hydrogen-bond acceptors (Lipinski definition) is 9. The van der Waals surface area contributed by atoms with Crippen LogP contribution < -0.4 is 10.6 Å². The molecule has 0 spiro atoms. The Bertz CT molecular complexity index is 1910. The number of nitriles is 1. The van der Waals surface area contributed by atoms with Gasteiger partial charge in [0.05, 0.1) is 27.9 Å². The van der Waals surface area contributed by atoms with Crippen LogP contribution in [0.2, 0.25) is 0 Å². The molecule has 250 valence electrons. The molecular formula is C29H27F6N7O4S. The summed E-state index contributed by atoms with van der Waals surface area (Å²) in [5.41, 5.74) is -0.448. The van der Waals surface area contributed by atoms with Gasteiger partial charge in [0.25, 0.3) is 10.0 Å². The molecule has 4 heterocycles. The van der Waals surface area contributed by atoms with Crippen molar-refractivity contribution in [3.63, 3.8) is 0 Å². The Hall–Kier alpha value is -4.76. The maximum absolute atomic E-state index is 13.7. The van der Waals surface area contributed by atoms with E-state index in [0.29, 0.717) is 12.1 Å². The van der Waals surface area contributed by atoms with Gasteiger partial charge >= 0.3 is 18.3 Å². The van der Waals surface area contributed by atoms with Crippen molar-refractivity contribution in [3.8, 4) is 17.3 Å². The molecule has 4 aromatic rings. The van der Waals surface area contributed by atoms with E-state index in [-0.39, 0.29) is 44.7 Å². The lowest BCUT2D eigenvalue weighted by atomic mass is 9.91. The number of anilines is 1. The van der Waals surface area contributed by atoms with Crippen molar-refractivity contribution in [3.05, 3.63) is 65.6 Å². The minimum atomic E-state index is -5.08. The Morgan fingerprint density at radius 3 is 2.28 bits per heavy atom. The summed E-state index contributed by atoms with van der Waals surface area (Å²) >= 11 is 0. The normalized spacial score (nSPS) is 15.0. The van der Waals surface area contributed by atoms with Crippen LogP contribution >= 0.6 is 0 Å². The summed E-state index contributed by atoms with van der Waals surface area (Å²) in [7, 11) is -4.26. The van der Waals surface area contributed by atoms with Gasteiger partial charge in [0.2, 0.25) is 5.95 Å². The Kier molecular flexibility index (Phi) is 10.1. The number of rotatable bonds is 6. The van der Waals surface area contributed by atoms with Gasteiger partial charge in [0.15, 0.2) is 5.65 Å². The summed E-state index contributed by atoms with van der Waals surface area (Å²) in [6.45, 7) is 5.58. The van der Waals surface area contributed by atoms with Crippen LogP contribution in [0, 0.1) is 24.2 Å². The highest BCUT2D eigenvalue weighted by atomic mass is 32.2. The Balaban J connectivity index is 0.000000644. The number of fused-ring (bicyclic) bond motifs is 1. The Labute approximate surface area is 264 Å². The van der Waals surface area contributed by atoms with Crippen LogP contribution in [-0.4, -0.2) is 63.7 Å². The van der Waals surface area contributed by atoms with Gasteiger partial charge < -0.3 is 15.7 Å². The molecule has 1 aliphatic heterocycles. The molecule has 5 rings (SSSR count). The maximum atomic E-state index is 13.7. The molecule has 0 bridgehead atoms. The van der Waals surface area contributed by atoms with Crippen LogP contribution in [0.5, 0.6) is 0 Å². The monoisotopic (exact) mass is 683 g/mol. The number of piperidine rings is 1. The molecule has 0 amide bonds. The number of carbonyl (C=O) groups is 1. The zero-order valence-corrected chi connectivity index (χ0v) is 25.5. The molecule has 0 radical (unpaired) electrons. The molecule has 1 saturated heterocycles. The maximum Gasteiger partial charge on any atom is 0.490 e. The lowest BCUT2D eigenvalue weighted by molar-refractivity contribution is -0.192. The summed E-state index contributed by atoms with van der Waals surface area (Å²) in [5, 5.41) is 23.4. The number of pyridine rings is 1. The van der Waals surface area contributed by atoms with E-state index in [2.05, 4.69) is 25.6 Å². The Morgan fingerprint density at radius 1 is 1.11 bits per heavy atom. The number of aryl methyl sites for hydroxylation is 1. The second kappa shape index (κ2) is 13.5. The smallest absolute Gasteiger partial charge is 0.475 e. The van der Waals surface area contributed by atoms with E-state index in [1.165, 1.54) is 18.3 Å². The zero-order valence-electron chi connectivity index (χ0n) is 24.7. The van der Waals surface area contributed by atoms with Gasteiger partial charge in [-0.2, -0.15) is 31.6 Å². The molecule has 1 fully saturated rings. The average molecular weight is 684 g/mol. The van der Waals surface area contributed by atoms with Gasteiger partial charge in [0, 0.05) is 29.4 Å². The van der Waals surface area contributed by atoms with E-state index >= 15 is 0 Å². The van der Waals surface area contributed by atoms with Crippen molar-refractivity contribution < 1.29 is 44.7 Å². The number of carboxylic acids is 1. The highest BCUT2D eigenvalue weighted by Crippen LogP contribution is 2.37. The molecule has 11 nitrogen and oxygen atoms in total. The second-order valence-corrected chi connectivity index (χ2v) is 12.5. The van der Waals surface area contributed by atoms with Crippen LogP contribution in [0.25, 0.3) is 22.3 Å². The van der Waals surface area contributed by atoms with Gasteiger partial charge in [-0.1, -0.05) is 17.7 Å². The molecule has 3 aromatic heterocycles. The van der Waals surface area contributed by atoms with E-state index < -0.39 is 33.9 Å². The molecule has 0 aliphatic carbocycles. The number of alkyl halides is 6. The van der Waals surface area contributed by atoms with Gasteiger partial charge in [-0.3, -0.25) is 0 Å². The first kappa shape index (κ1) is 35.1. The number of benzene rings is 1. The van der Waals surface area contributed by atoms with Crippen LogP contribution in [0.1, 0.15) is 36.5 Å². The van der Waals surface area contributed by atoms with E-state index in [1.54, 1.807) is 19.1 Å². The van der Waals surface area contributed by atoms with E-state index in [4.69, 9.17) is 9.90 Å². The van der Waals surface area contributed by atoms with E-state index in [1.807, 2.05) is 13.0 Å². The Morgan fingerprint density at radius 2 is 1.72 bits per heavy atom. The molecule has 0 unspecified atom stereocenters. The highest BCUT2D eigenvalue weighted by molar-refractivity contribution is 7.90. The van der Waals surface area contributed by atoms with E-state index in [0.717, 1.165) is 47.7 Å². The largest absolute Gasteiger partial charge is 0.490 e. The van der Waals surface area contributed by atoms with Crippen LogP contribution in [0.15, 0.2) is 53.8 Å². The lowest BCUT2D eigenvalue weighted by Crippen LogP contribution is -2.36. The number of nitrogens with one attached hydrogen (secondary N) is 2. The third kappa shape index (κ3) is 7.97. The number of nitrogens with zero attached hydrogens (tertiary/aromatic N) is 5. The van der Waals surface area contributed by atoms with Crippen LogP contribution in [-0.2, 0) is 21.0 Å². The quantitative estimate of drug-likeness (QED) is 0.226. The summed E-state index contributed by atoms with van der Waals surface area (Å²) in [5.74, 6) is -2.22. The molecule has 47 heavy (non-hydrogen) atoms. The predicted octanol–water partition coefficient (Wildman–Crippen LogP) is 5.36. The third-order valence-corrected chi connectivity index (χ3v) is 9.04. The standard InChI is InChI=1S/C27H26F3N7O2S.C2HF3O2/c1-16-3-5-21(6-4-16)40(38,39)37-15-23(22-11-20(27(28,29)30)14-33-25(22)37)24-19(12-31)13-34-26(36-24)35-17(2)18-7-9-32-10-8-18;3-2(4,5)1(6)7/h3-6,11,13-15,17-18,32H,7-10H2,1-2H3,(H,34,35,36);(H,6,7)/t17-;/m1./s1. The van der Waals surface area contributed by atoms with Crippen molar-refractivity contribution in [2.75, 3.05) is 18.4 Å². The zero-order chi connectivity index (χ0) is 34.7. The number of hydrogen-bond donors (Lipinski definition) is 3. The summed E-state index contributed by atoms with van der Waals surface area (Å²) < 4.78 is 101. The SMILES string of the molecule is Cc1ccc(S(=O)(=O)n2cc(-c3nc(N[C@H](C)C4CCNCC4)ncc3C#N)c3cc(C(F)(F)F)cnc32)cc1.O=C(O)C(F)(F)F. The molecule has 1 aliphatic rings.